The number of unbranched alkanes of at least 4 members (excludes halogenated alkanes) is 1. The van der Waals surface area contributed by atoms with Gasteiger partial charge in [-0.3, -0.25) is 0 Å². The number of benzene rings is 2. The number of nitrogens with two attached hydrogens (primary N) is 1. The van der Waals surface area contributed by atoms with Gasteiger partial charge in [0.25, 0.3) is 0 Å². The molecule has 1 heterocycles. The first kappa shape index (κ1) is 17.2. The van der Waals surface area contributed by atoms with Crippen LogP contribution in [0.2, 0.25) is 0 Å². The van der Waals surface area contributed by atoms with Crippen molar-refractivity contribution in [3.63, 3.8) is 0 Å². The lowest BCUT2D eigenvalue weighted by Crippen LogP contribution is -2.91. The van der Waals surface area contributed by atoms with Gasteiger partial charge < -0.3 is 10.4 Å². The Morgan fingerprint density at radius 1 is 1.00 bits per heavy atom. The molecule has 0 aliphatic carbocycles. The summed E-state index contributed by atoms with van der Waals surface area (Å²) in [5.74, 6) is 0.242. The summed E-state index contributed by atoms with van der Waals surface area (Å²) in [6.45, 7) is 4.43. The summed E-state index contributed by atoms with van der Waals surface area (Å²) in [5.41, 5.74) is 2.05. The van der Waals surface area contributed by atoms with Crippen LogP contribution in [0.3, 0.4) is 0 Å². The molecular formula is C22H30NO+. The Balaban J connectivity index is 1.93. The summed E-state index contributed by atoms with van der Waals surface area (Å²) >= 11 is 0. The van der Waals surface area contributed by atoms with Crippen molar-refractivity contribution >= 4 is 0 Å². The lowest BCUT2D eigenvalue weighted by Gasteiger charge is -2.45. The molecule has 128 valence electrons. The summed E-state index contributed by atoms with van der Waals surface area (Å²) in [6.07, 6.45) is 3.95. The van der Waals surface area contributed by atoms with E-state index in [0.29, 0.717) is 12.1 Å². The molecule has 1 aliphatic rings. The first-order chi connectivity index (χ1) is 11.6. The molecule has 1 fully saturated rings. The van der Waals surface area contributed by atoms with Crippen molar-refractivity contribution in [1.29, 1.82) is 0 Å². The van der Waals surface area contributed by atoms with Crippen LogP contribution in [0.25, 0.3) is 0 Å². The number of aliphatic hydroxyl groups is 1. The van der Waals surface area contributed by atoms with Crippen molar-refractivity contribution in [2.24, 2.45) is 5.92 Å². The van der Waals surface area contributed by atoms with Gasteiger partial charge in [-0.1, -0.05) is 87.4 Å². The average molecular weight is 324 g/mol. The molecule has 1 aliphatic heterocycles. The maximum atomic E-state index is 11.5. The summed E-state index contributed by atoms with van der Waals surface area (Å²) < 4.78 is 0. The van der Waals surface area contributed by atoms with Crippen LogP contribution in [0.4, 0.5) is 0 Å². The highest BCUT2D eigenvalue weighted by atomic mass is 16.3. The molecule has 2 aromatic carbocycles. The van der Waals surface area contributed by atoms with E-state index in [9.17, 15) is 5.11 Å². The molecule has 0 radical (unpaired) electrons. The van der Waals surface area contributed by atoms with Crippen molar-refractivity contribution in [3.8, 4) is 0 Å². The second-order valence-electron chi connectivity index (χ2n) is 7.35. The van der Waals surface area contributed by atoms with Crippen molar-refractivity contribution in [2.75, 3.05) is 0 Å². The normalized spacial score (nSPS) is 30.2. The molecule has 0 amide bonds. The molecule has 3 rings (SSSR count). The fourth-order valence-electron chi connectivity index (χ4n) is 4.20. The zero-order valence-electron chi connectivity index (χ0n) is 14.9. The lowest BCUT2D eigenvalue weighted by atomic mass is 9.70. The third kappa shape index (κ3) is 3.55. The second-order valence-corrected chi connectivity index (χ2v) is 7.35. The van der Waals surface area contributed by atoms with Gasteiger partial charge in [-0.25, -0.2) is 0 Å². The quantitative estimate of drug-likeness (QED) is 0.857. The highest BCUT2D eigenvalue weighted by Gasteiger charge is 2.48. The summed E-state index contributed by atoms with van der Waals surface area (Å²) in [6, 6.07) is 21.9. The van der Waals surface area contributed by atoms with Gasteiger partial charge in [-0.2, -0.15) is 0 Å². The first-order valence-corrected chi connectivity index (χ1v) is 9.31. The van der Waals surface area contributed by atoms with Gasteiger partial charge in [-0.05, 0) is 6.42 Å². The van der Waals surface area contributed by atoms with E-state index >= 15 is 0 Å². The van der Waals surface area contributed by atoms with E-state index in [4.69, 9.17) is 0 Å². The fourth-order valence-corrected chi connectivity index (χ4v) is 4.20. The smallest absolute Gasteiger partial charge is 0.117 e. The topological polar surface area (TPSA) is 36.8 Å². The first-order valence-electron chi connectivity index (χ1n) is 9.31. The Labute approximate surface area is 145 Å². The van der Waals surface area contributed by atoms with E-state index in [1.807, 2.05) is 0 Å². The van der Waals surface area contributed by atoms with Crippen LogP contribution in [-0.4, -0.2) is 10.7 Å². The van der Waals surface area contributed by atoms with Gasteiger partial charge in [0, 0.05) is 23.5 Å². The van der Waals surface area contributed by atoms with Gasteiger partial charge in [0.2, 0.25) is 0 Å². The maximum Gasteiger partial charge on any atom is 0.117 e. The van der Waals surface area contributed by atoms with Crippen molar-refractivity contribution in [2.45, 2.75) is 57.2 Å². The van der Waals surface area contributed by atoms with E-state index < -0.39 is 5.60 Å². The van der Waals surface area contributed by atoms with E-state index in [2.05, 4.69) is 79.8 Å². The minimum absolute atomic E-state index is 0.242. The molecule has 24 heavy (non-hydrogen) atoms. The average Bonchev–Trinajstić information content (AvgIpc) is 2.64. The fraction of sp³-hybridized carbons (Fsp3) is 0.455. The summed E-state index contributed by atoms with van der Waals surface area (Å²) in [5, 5.41) is 14.0. The van der Waals surface area contributed by atoms with Gasteiger partial charge in [0.1, 0.15) is 12.1 Å². The molecule has 4 atom stereocenters. The molecule has 0 bridgehead atoms. The number of hydrogen-bond donors (Lipinski definition) is 2. The van der Waals surface area contributed by atoms with E-state index in [0.717, 1.165) is 25.7 Å². The monoisotopic (exact) mass is 324 g/mol. The highest BCUT2D eigenvalue weighted by molar-refractivity contribution is 5.22. The predicted molar refractivity (Wildman–Crippen MR) is 98.5 cm³/mol. The minimum atomic E-state index is -0.591. The molecule has 0 aromatic heterocycles. The molecular weight excluding hydrogens is 294 g/mol. The van der Waals surface area contributed by atoms with Crippen LogP contribution >= 0.6 is 0 Å². The van der Waals surface area contributed by atoms with Gasteiger partial charge >= 0.3 is 0 Å². The SMILES string of the molecule is CCCC[C@@]1(O)C[C@H](c2ccccc2)[NH2+][C@H](c2ccccc2)[C@@H]1C. The molecule has 0 unspecified atom stereocenters. The minimum Gasteiger partial charge on any atom is -0.389 e. The van der Waals surface area contributed by atoms with E-state index in [-0.39, 0.29) is 5.92 Å². The lowest BCUT2D eigenvalue weighted by molar-refractivity contribution is -0.756. The van der Waals surface area contributed by atoms with E-state index in [1.165, 1.54) is 11.1 Å². The van der Waals surface area contributed by atoms with E-state index in [1.54, 1.807) is 0 Å². The largest absolute Gasteiger partial charge is 0.389 e. The van der Waals surface area contributed by atoms with Crippen LogP contribution < -0.4 is 5.32 Å². The number of rotatable bonds is 5. The third-order valence-corrected chi connectivity index (χ3v) is 5.77. The van der Waals surface area contributed by atoms with Crippen LogP contribution in [0.15, 0.2) is 60.7 Å². The molecule has 1 saturated heterocycles. The Kier molecular flexibility index (Phi) is 5.37. The van der Waals surface area contributed by atoms with Gasteiger partial charge in [0.05, 0.1) is 5.60 Å². The van der Waals surface area contributed by atoms with Crippen molar-refractivity contribution in [3.05, 3.63) is 71.8 Å². The molecule has 2 heteroatoms. The standard InChI is InChI=1S/C22H29NO/c1-3-4-15-22(24)16-20(18-11-7-5-8-12-18)23-21(17(22)2)19-13-9-6-10-14-19/h5-14,17,20-21,23-24H,3-4,15-16H2,1-2H3/p+1/t17-,20+,21-,22+/m0/s1. The number of quaternary nitrogens is 1. The third-order valence-electron chi connectivity index (χ3n) is 5.77. The zero-order valence-corrected chi connectivity index (χ0v) is 14.9. The summed E-state index contributed by atoms with van der Waals surface area (Å²) in [4.78, 5) is 0. The van der Waals surface area contributed by atoms with Crippen LogP contribution in [-0.2, 0) is 0 Å². The maximum absolute atomic E-state index is 11.5. The van der Waals surface area contributed by atoms with Crippen molar-refractivity contribution < 1.29 is 10.4 Å². The molecule has 0 spiro atoms. The molecule has 3 N–H and O–H groups in total. The summed E-state index contributed by atoms with van der Waals surface area (Å²) in [7, 11) is 0. The van der Waals surface area contributed by atoms with Crippen molar-refractivity contribution in [1.82, 2.24) is 0 Å². The van der Waals surface area contributed by atoms with Crippen LogP contribution in [0.5, 0.6) is 0 Å². The molecule has 2 aromatic rings. The Hall–Kier alpha value is -1.64. The van der Waals surface area contributed by atoms with Gasteiger partial charge in [-0.15, -0.1) is 0 Å². The molecule has 2 nitrogen and oxygen atoms in total. The predicted octanol–water partition coefficient (Wildman–Crippen LogP) is 3.99. The van der Waals surface area contributed by atoms with Gasteiger partial charge in [0.15, 0.2) is 0 Å². The molecule has 0 saturated carbocycles. The second kappa shape index (κ2) is 7.50. The number of piperidine rings is 1. The van der Waals surface area contributed by atoms with Crippen LogP contribution in [0.1, 0.15) is 62.7 Å². The highest BCUT2D eigenvalue weighted by Crippen LogP contribution is 2.41. The Morgan fingerprint density at radius 3 is 2.17 bits per heavy atom. The zero-order chi connectivity index (χ0) is 17.0. The Bertz CT molecular complexity index is 627. The Morgan fingerprint density at radius 2 is 1.58 bits per heavy atom. The van der Waals surface area contributed by atoms with Crippen LogP contribution in [0, 0.1) is 5.92 Å². The number of hydrogen-bond acceptors (Lipinski definition) is 1.